The number of H-pyrrole nitrogens is 1. The van der Waals surface area contributed by atoms with Gasteiger partial charge in [-0.25, -0.2) is 9.97 Å². The van der Waals surface area contributed by atoms with E-state index in [4.69, 9.17) is 11.6 Å². The lowest BCUT2D eigenvalue weighted by Crippen LogP contribution is -1.78. The van der Waals surface area contributed by atoms with Crippen molar-refractivity contribution in [3.8, 4) is 11.4 Å². The molecule has 0 spiro atoms. The number of halogens is 1. The van der Waals surface area contributed by atoms with Gasteiger partial charge in [0.05, 0.1) is 5.52 Å². The van der Waals surface area contributed by atoms with Crippen LogP contribution in [-0.4, -0.2) is 15.0 Å². The Balaban J connectivity index is 2.19. The Labute approximate surface area is 97.1 Å². The van der Waals surface area contributed by atoms with Gasteiger partial charge in [0.15, 0.2) is 5.65 Å². The van der Waals surface area contributed by atoms with Crippen LogP contribution in [0.5, 0.6) is 0 Å². The van der Waals surface area contributed by atoms with Crippen molar-refractivity contribution in [2.24, 2.45) is 0 Å². The number of nitrogens with zero attached hydrogens (tertiary/aromatic N) is 2. The molecule has 4 heteroatoms. The number of aromatic nitrogens is 3. The molecule has 2 heterocycles. The van der Waals surface area contributed by atoms with E-state index in [9.17, 15) is 0 Å². The molecular formula is C12H8ClN3. The molecule has 0 aliphatic rings. The summed E-state index contributed by atoms with van der Waals surface area (Å²) in [7, 11) is 0. The van der Waals surface area contributed by atoms with E-state index in [-0.39, 0.29) is 0 Å². The predicted molar refractivity (Wildman–Crippen MR) is 64.3 cm³/mol. The normalized spacial score (nSPS) is 10.8. The van der Waals surface area contributed by atoms with E-state index in [0.29, 0.717) is 10.8 Å². The van der Waals surface area contributed by atoms with E-state index in [1.54, 1.807) is 6.07 Å². The SMILES string of the molecule is Clc1ccc2[nH]c(-c3ccccc3)nc2n1. The van der Waals surface area contributed by atoms with Crippen LogP contribution in [0.15, 0.2) is 42.5 Å². The molecule has 2 aromatic heterocycles. The van der Waals surface area contributed by atoms with E-state index in [1.165, 1.54) is 0 Å². The number of hydrogen-bond acceptors (Lipinski definition) is 2. The zero-order chi connectivity index (χ0) is 11.0. The van der Waals surface area contributed by atoms with Gasteiger partial charge < -0.3 is 4.98 Å². The molecule has 16 heavy (non-hydrogen) atoms. The maximum Gasteiger partial charge on any atom is 0.179 e. The van der Waals surface area contributed by atoms with Crippen molar-refractivity contribution in [1.82, 2.24) is 15.0 Å². The van der Waals surface area contributed by atoms with Crippen LogP contribution in [0.3, 0.4) is 0 Å². The highest BCUT2D eigenvalue weighted by atomic mass is 35.5. The summed E-state index contributed by atoms with van der Waals surface area (Å²) in [6, 6.07) is 13.5. The minimum absolute atomic E-state index is 0.457. The quantitative estimate of drug-likeness (QED) is 0.651. The first-order chi connectivity index (χ1) is 7.83. The van der Waals surface area contributed by atoms with Crippen molar-refractivity contribution in [1.29, 1.82) is 0 Å². The van der Waals surface area contributed by atoms with E-state index in [2.05, 4.69) is 15.0 Å². The molecule has 1 N–H and O–H groups in total. The largest absolute Gasteiger partial charge is 0.337 e. The van der Waals surface area contributed by atoms with Gasteiger partial charge in [0, 0.05) is 5.56 Å². The molecule has 0 unspecified atom stereocenters. The molecule has 0 aliphatic carbocycles. The molecule has 3 nitrogen and oxygen atoms in total. The fourth-order valence-electron chi connectivity index (χ4n) is 1.60. The maximum absolute atomic E-state index is 5.81. The van der Waals surface area contributed by atoms with Crippen LogP contribution < -0.4 is 0 Å². The summed E-state index contributed by atoms with van der Waals surface area (Å²) in [6.07, 6.45) is 0. The molecule has 1 aromatic carbocycles. The zero-order valence-corrected chi connectivity index (χ0v) is 9.07. The smallest absolute Gasteiger partial charge is 0.179 e. The van der Waals surface area contributed by atoms with Crippen molar-refractivity contribution in [3.63, 3.8) is 0 Å². The number of hydrogen-bond donors (Lipinski definition) is 1. The Morgan fingerprint density at radius 2 is 1.75 bits per heavy atom. The Bertz CT molecular complexity index is 631. The van der Waals surface area contributed by atoms with Crippen LogP contribution in [0.1, 0.15) is 0 Å². The van der Waals surface area contributed by atoms with Crippen LogP contribution in [0.2, 0.25) is 5.15 Å². The number of benzene rings is 1. The zero-order valence-electron chi connectivity index (χ0n) is 8.31. The molecule has 0 fully saturated rings. The van der Waals surface area contributed by atoms with Gasteiger partial charge in [-0.15, -0.1) is 0 Å². The fraction of sp³-hybridized carbons (Fsp3) is 0. The minimum atomic E-state index is 0.457. The van der Waals surface area contributed by atoms with E-state index >= 15 is 0 Å². The highest BCUT2D eigenvalue weighted by molar-refractivity contribution is 6.29. The van der Waals surface area contributed by atoms with Crippen LogP contribution in [-0.2, 0) is 0 Å². The average molecular weight is 230 g/mol. The van der Waals surface area contributed by atoms with E-state index in [1.807, 2.05) is 36.4 Å². The van der Waals surface area contributed by atoms with Gasteiger partial charge in [-0.3, -0.25) is 0 Å². The maximum atomic E-state index is 5.81. The third-order valence-electron chi connectivity index (χ3n) is 2.36. The Hall–Kier alpha value is -1.87. The lowest BCUT2D eigenvalue weighted by atomic mass is 10.2. The highest BCUT2D eigenvalue weighted by Gasteiger charge is 2.05. The van der Waals surface area contributed by atoms with Gasteiger partial charge in [0.1, 0.15) is 11.0 Å². The van der Waals surface area contributed by atoms with Gasteiger partial charge >= 0.3 is 0 Å². The second-order valence-electron chi connectivity index (χ2n) is 3.46. The van der Waals surface area contributed by atoms with Crippen molar-refractivity contribution < 1.29 is 0 Å². The topological polar surface area (TPSA) is 41.6 Å². The van der Waals surface area contributed by atoms with E-state index in [0.717, 1.165) is 16.9 Å². The summed E-state index contributed by atoms with van der Waals surface area (Å²) >= 11 is 5.81. The first kappa shape index (κ1) is 9.36. The van der Waals surface area contributed by atoms with Gasteiger partial charge in [-0.1, -0.05) is 41.9 Å². The number of aromatic amines is 1. The van der Waals surface area contributed by atoms with Gasteiger partial charge in [-0.2, -0.15) is 0 Å². The molecule has 0 radical (unpaired) electrons. The first-order valence-corrected chi connectivity index (χ1v) is 5.28. The van der Waals surface area contributed by atoms with Crippen LogP contribution in [0, 0.1) is 0 Å². The van der Waals surface area contributed by atoms with Crippen LogP contribution in [0.4, 0.5) is 0 Å². The summed E-state index contributed by atoms with van der Waals surface area (Å²) in [4.78, 5) is 11.7. The molecule has 0 atom stereocenters. The van der Waals surface area contributed by atoms with Crippen molar-refractivity contribution in [3.05, 3.63) is 47.6 Å². The second-order valence-corrected chi connectivity index (χ2v) is 3.84. The third-order valence-corrected chi connectivity index (χ3v) is 2.57. The van der Waals surface area contributed by atoms with Crippen molar-refractivity contribution in [2.45, 2.75) is 0 Å². The Morgan fingerprint density at radius 3 is 2.56 bits per heavy atom. The summed E-state index contributed by atoms with van der Waals surface area (Å²) in [5.41, 5.74) is 2.58. The minimum Gasteiger partial charge on any atom is -0.337 e. The second kappa shape index (κ2) is 3.61. The first-order valence-electron chi connectivity index (χ1n) is 4.90. The average Bonchev–Trinajstić information content (AvgIpc) is 2.73. The molecule has 0 bridgehead atoms. The summed E-state index contributed by atoms with van der Waals surface area (Å²) in [6.45, 7) is 0. The molecule has 3 rings (SSSR count). The molecule has 0 saturated heterocycles. The Kier molecular flexibility index (Phi) is 2.11. The molecular weight excluding hydrogens is 222 g/mol. The van der Waals surface area contributed by atoms with Crippen molar-refractivity contribution in [2.75, 3.05) is 0 Å². The monoisotopic (exact) mass is 229 g/mol. The van der Waals surface area contributed by atoms with Gasteiger partial charge in [-0.05, 0) is 12.1 Å². The number of rotatable bonds is 1. The Morgan fingerprint density at radius 1 is 0.938 bits per heavy atom. The lowest BCUT2D eigenvalue weighted by Gasteiger charge is -1.92. The number of fused-ring (bicyclic) bond motifs is 1. The number of imidazole rings is 1. The van der Waals surface area contributed by atoms with Gasteiger partial charge in [0.25, 0.3) is 0 Å². The summed E-state index contributed by atoms with van der Waals surface area (Å²) in [5.74, 6) is 0.811. The fourth-order valence-corrected chi connectivity index (χ4v) is 1.75. The van der Waals surface area contributed by atoms with Crippen LogP contribution >= 0.6 is 11.6 Å². The summed E-state index contributed by atoms with van der Waals surface area (Å²) in [5, 5.41) is 0.457. The molecule has 0 amide bonds. The van der Waals surface area contributed by atoms with Crippen molar-refractivity contribution >= 4 is 22.8 Å². The molecule has 3 aromatic rings. The summed E-state index contributed by atoms with van der Waals surface area (Å²) < 4.78 is 0. The number of pyridine rings is 1. The molecule has 78 valence electrons. The van der Waals surface area contributed by atoms with Gasteiger partial charge in [0.2, 0.25) is 0 Å². The lowest BCUT2D eigenvalue weighted by molar-refractivity contribution is 1.30. The van der Waals surface area contributed by atoms with E-state index < -0.39 is 0 Å². The predicted octanol–water partition coefficient (Wildman–Crippen LogP) is 3.28. The molecule has 0 aliphatic heterocycles. The van der Waals surface area contributed by atoms with Crippen LogP contribution in [0.25, 0.3) is 22.6 Å². The third kappa shape index (κ3) is 1.55. The molecule has 0 saturated carbocycles. The number of nitrogens with one attached hydrogen (secondary N) is 1. The standard InChI is InChI=1S/C12H8ClN3/c13-10-7-6-9-12(15-10)16-11(14-9)8-4-2-1-3-5-8/h1-7H,(H,14,15,16). The highest BCUT2D eigenvalue weighted by Crippen LogP contribution is 2.20.